The summed E-state index contributed by atoms with van der Waals surface area (Å²) in [5.74, 6) is 0.875. The van der Waals surface area contributed by atoms with Gasteiger partial charge < -0.3 is 15.1 Å². The molecule has 0 unspecified atom stereocenters. The first-order valence-corrected chi connectivity index (χ1v) is 9.51. The highest BCUT2D eigenvalue weighted by molar-refractivity contribution is 5.74. The van der Waals surface area contributed by atoms with Crippen LogP contribution in [0.4, 0.5) is 10.6 Å². The topological polar surface area (TPSA) is 64.6 Å². The molecule has 0 saturated carbocycles. The lowest BCUT2D eigenvalue weighted by Crippen LogP contribution is -2.54. The Hall–Kier alpha value is -2.67. The third-order valence-corrected chi connectivity index (χ3v) is 5.55. The van der Waals surface area contributed by atoms with Crippen LogP contribution in [-0.4, -0.2) is 71.6 Å². The van der Waals surface area contributed by atoms with Gasteiger partial charge in [-0.25, -0.2) is 9.78 Å². The molecule has 1 N–H and O–H groups in total. The molecule has 2 aliphatic heterocycles. The summed E-state index contributed by atoms with van der Waals surface area (Å²) in [6.45, 7) is 4.57. The number of hydrogen-bond acceptors (Lipinski definition) is 5. The van der Waals surface area contributed by atoms with Crippen LogP contribution < -0.4 is 10.2 Å². The molecule has 7 heteroatoms. The van der Waals surface area contributed by atoms with E-state index in [1.807, 2.05) is 4.90 Å². The zero-order valence-electron chi connectivity index (χ0n) is 15.7. The van der Waals surface area contributed by atoms with Gasteiger partial charge in [0.2, 0.25) is 0 Å². The van der Waals surface area contributed by atoms with Crippen molar-refractivity contribution in [3.63, 3.8) is 0 Å². The van der Waals surface area contributed by atoms with Crippen LogP contribution in [0.3, 0.4) is 0 Å². The minimum Gasteiger partial charge on any atom is -0.352 e. The molecular weight excluding hydrogens is 340 g/mol. The Morgan fingerprint density at radius 3 is 2.67 bits per heavy atom. The van der Waals surface area contributed by atoms with Crippen molar-refractivity contribution in [2.45, 2.75) is 19.0 Å². The zero-order valence-corrected chi connectivity index (χ0v) is 15.7. The molecule has 2 aromatic rings. The van der Waals surface area contributed by atoms with Crippen LogP contribution in [0, 0.1) is 0 Å². The highest BCUT2D eigenvalue weighted by Crippen LogP contribution is 2.21. The fourth-order valence-electron chi connectivity index (χ4n) is 3.86. The van der Waals surface area contributed by atoms with Crippen molar-refractivity contribution in [3.05, 3.63) is 54.0 Å². The molecule has 7 nitrogen and oxygen atoms in total. The van der Waals surface area contributed by atoms with Crippen molar-refractivity contribution < 1.29 is 4.79 Å². The summed E-state index contributed by atoms with van der Waals surface area (Å²) < 4.78 is 0. The van der Waals surface area contributed by atoms with E-state index in [9.17, 15) is 4.79 Å². The van der Waals surface area contributed by atoms with Crippen LogP contribution in [0.25, 0.3) is 0 Å². The maximum Gasteiger partial charge on any atom is 0.317 e. The Labute approximate surface area is 160 Å². The summed E-state index contributed by atoms with van der Waals surface area (Å²) >= 11 is 0. The van der Waals surface area contributed by atoms with E-state index in [2.05, 4.69) is 56.4 Å². The van der Waals surface area contributed by atoms with E-state index < -0.39 is 0 Å². The molecule has 27 heavy (non-hydrogen) atoms. The third-order valence-electron chi connectivity index (χ3n) is 5.55. The summed E-state index contributed by atoms with van der Waals surface area (Å²) in [4.78, 5) is 27.4. The van der Waals surface area contributed by atoms with E-state index in [-0.39, 0.29) is 6.03 Å². The number of carbonyl (C=O) groups excluding carboxylic acids is 1. The predicted molar refractivity (Wildman–Crippen MR) is 105 cm³/mol. The first-order valence-electron chi connectivity index (χ1n) is 9.51. The average Bonchev–Trinajstić information content (AvgIpc) is 2.73. The first-order chi connectivity index (χ1) is 13.2. The van der Waals surface area contributed by atoms with E-state index >= 15 is 0 Å². The standard InChI is InChI=1S/C20H26N6O/c1-24-15-17-5-3-2-4-16(17)12-18(24)13-23-20(27)26-10-8-25(9-11-26)19-14-21-6-7-22-19/h2-7,14,18H,8-13,15H2,1H3,(H,23,27)/t18-/m1/s1. The monoisotopic (exact) mass is 366 g/mol. The molecule has 4 rings (SSSR count). The highest BCUT2D eigenvalue weighted by atomic mass is 16.2. The SMILES string of the molecule is CN1Cc2ccccc2C[C@@H]1CNC(=O)N1CCN(c2cnccn2)CC1. The van der Waals surface area contributed by atoms with Gasteiger partial charge in [-0.05, 0) is 24.6 Å². The second kappa shape index (κ2) is 7.92. The van der Waals surface area contributed by atoms with Crippen molar-refractivity contribution in [1.82, 2.24) is 25.1 Å². The number of aromatic nitrogens is 2. The second-order valence-corrected chi connectivity index (χ2v) is 7.27. The predicted octanol–water partition coefficient (Wildman–Crippen LogP) is 1.36. The number of benzene rings is 1. The summed E-state index contributed by atoms with van der Waals surface area (Å²) in [7, 11) is 2.13. The number of nitrogens with one attached hydrogen (secondary N) is 1. The lowest BCUT2D eigenvalue weighted by molar-refractivity contribution is 0.179. The van der Waals surface area contributed by atoms with Gasteiger partial charge in [0.15, 0.2) is 0 Å². The Morgan fingerprint density at radius 2 is 1.93 bits per heavy atom. The number of likely N-dealkylation sites (N-methyl/N-ethyl adjacent to an activating group) is 1. The van der Waals surface area contributed by atoms with Crippen molar-refractivity contribution >= 4 is 11.8 Å². The van der Waals surface area contributed by atoms with Crippen LogP contribution in [-0.2, 0) is 13.0 Å². The fourth-order valence-corrected chi connectivity index (χ4v) is 3.86. The zero-order chi connectivity index (χ0) is 18.6. The van der Waals surface area contributed by atoms with Gasteiger partial charge in [-0.1, -0.05) is 24.3 Å². The van der Waals surface area contributed by atoms with Gasteiger partial charge in [0.25, 0.3) is 0 Å². The molecule has 0 radical (unpaired) electrons. The van der Waals surface area contributed by atoms with Crippen LogP contribution in [0.2, 0.25) is 0 Å². The van der Waals surface area contributed by atoms with E-state index in [0.717, 1.165) is 31.9 Å². The van der Waals surface area contributed by atoms with Crippen LogP contribution in [0.1, 0.15) is 11.1 Å². The smallest absolute Gasteiger partial charge is 0.317 e. The number of urea groups is 1. The van der Waals surface area contributed by atoms with Crippen molar-refractivity contribution in [3.8, 4) is 0 Å². The van der Waals surface area contributed by atoms with Gasteiger partial charge in [-0.15, -0.1) is 0 Å². The molecule has 0 bridgehead atoms. The van der Waals surface area contributed by atoms with Crippen LogP contribution in [0.15, 0.2) is 42.9 Å². The van der Waals surface area contributed by atoms with Crippen molar-refractivity contribution in [2.24, 2.45) is 0 Å². The minimum absolute atomic E-state index is 0.0288. The van der Waals surface area contributed by atoms with E-state index in [1.165, 1.54) is 11.1 Å². The largest absolute Gasteiger partial charge is 0.352 e. The maximum atomic E-state index is 12.6. The Bertz CT molecular complexity index is 775. The summed E-state index contributed by atoms with van der Waals surface area (Å²) in [6.07, 6.45) is 6.13. The average molecular weight is 366 g/mol. The molecule has 1 saturated heterocycles. The maximum absolute atomic E-state index is 12.6. The number of rotatable bonds is 3. The number of amides is 2. The third kappa shape index (κ3) is 4.03. The molecule has 0 spiro atoms. The highest BCUT2D eigenvalue weighted by Gasteiger charge is 2.26. The number of fused-ring (bicyclic) bond motifs is 1. The molecule has 1 atom stereocenters. The Kier molecular flexibility index (Phi) is 5.20. The lowest BCUT2D eigenvalue weighted by atomic mass is 9.94. The Morgan fingerprint density at radius 1 is 1.15 bits per heavy atom. The van der Waals surface area contributed by atoms with Crippen LogP contribution in [0.5, 0.6) is 0 Å². The van der Waals surface area contributed by atoms with Crippen LogP contribution >= 0.6 is 0 Å². The van der Waals surface area contributed by atoms with Crippen molar-refractivity contribution in [1.29, 1.82) is 0 Å². The summed E-state index contributed by atoms with van der Waals surface area (Å²) in [5, 5.41) is 3.14. The van der Waals surface area contributed by atoms with Gasteiger partial charge in [-0.2, -0.15) is 0 Å². The van der Waals surface area contributed by atoms with Gasteiger partial charge in [-0.3, -0.25) is 9.88 Å². The molecule has 3 heterocycles. The lowest BCUT2D eigenvalue weighted by Gasteiger charge is -2.37. The van der Waals surface area contributed by atoms with Gasteiger partial charge in [0.05, 0.1) is 6.20 Å². The van der Waals surface area contributed by atoms with E-state index in [4.69, 9.17) is 0 Å². The molecular formula is C20H26N6O. The van der Waals surface area contributed by atoms with E-state index in [1.54, 1.807) is 18.6 Å². The number of anilines is 1. The molecule has 1 fully saturated rings. The normalized spacial score (nSPS) is 20.3. The second-order valence-electron chi connectivity index (χ2n) is 7.27. The molecule has 0 aliphatic carbocycles. The number of carbonyl (C=O) groups is 1. The van der Waals surface area contributed by atoms with Gasteiger partial charge >= 0.3 is 6.03 Å². The van der Waals surface area contributed by atoms with Crippen molar-refractivity contribution in [2.75, 3.05) is 44.7 Å². The molecule has 2 amide bonds. The molecule has 1 aromatic carbocycles. The number of piperazine rings is 1. The quantitative estimate of drug-likeness (QED) is 0.889. The van der Waals surface area contributed by atoms with E-state index in [0.29, 0.717) is 25.7 Å². The number of nitrogens with zero attached hydrogens (tertiary/aromatic N) is 5. The number of hydrogen-bond donors (Lipinski definition) is 1. The molecule has 142 valence electrons. The van der Waals surface area contributed by atoms with Gasteiger partial charge in [0.1, 0.15) is 5.82 Å². The summed E-state index contributed by atoms with van der Waals surface area (Å²) in [5.41, 5.74) is 2.79. The molecule has 2 aliphatic rings. The fraction of sp³-hybridized carbons (Fsp3) is 0.450. The van der Waals surface area contributed by atoms with Gasteiger partial charge in [0, 0.05) is 57.7 Å². The first kappa shape index (κ1) is 17.7. The minimum atomic E-state index is 0.0288. The Balaban J connectivity index is 1.27. The summed E-state index contributed by atoms with van der Waals surface area (Å²) in [6, 6.07) is 8.94. The molecule has 1 aromatic heterocycles.